The lowest BCUT2D eigenvalue weighted by atomic mass is 10.1. The van der Waals surface area contributed by atoms with Crippen LogP contribution in [-0.4, -0.2) is 32.8 Å². The number of benzene rings is 3. The van der Waals surface area contributed by atoms with Gasteiger partial charge in [0.15, 0.2) is 16.7 Å². The molecule has 0 aliphatic heterocycles. The minimum Gasteiger partial charge on any atom is -0.490 e. The Bertz CT molecular complexity index is 1420. The summed E-state index contributed by atoms with van der Waals surface area (Å²) in [5.74, 6) is 1.64. The normalized spacial score (nSPS) is 11.8. The maximum Gasteiger partial charge on any atom is 0.220 e. The van der Waals surface area contributed by atoms with E-state index in [-0.39, 0.29) is 11.5 Å². The van der Waals surface area contributed by atoms with Crippen LogP contribution in [0.1, 0.15) is 29.1 Å². The second-order valence-corrected chi connectivity index (χ2v) is 11.0. The van der Waals surface area contributed by atoms with Crippen molar-refractivity contribution in [2.24, 2.45) is 0 Å². The maximum absolute atomic E-state index is 11.7. The minimum atomic E-state index is -0.583. The predicted octanol–water partition coefficient (Wildman–Crippen LogP) is 7.73. The van der Waals surface area contributed by atoms with Crippen LogP contribution in [0.25, 0.3) is 5.69 Å². The molecule has 1 aromatic heterocycles. The van der Waals surface area contributed by atoms with Crippen molar-refractivity contribution in [2.45, 2.75) is 30.9 Å². The van der Waals surface area contributed by atoms with Crippen molar-refractivity contribution in [3.63, 3.8) is 0 Å². The van der Waals surface area contributed by atoms with Crippen LogP contribution in [0.5, 0.6) is 11.5 Å². The molecule has 8 nitrogen and oxygen atoms in total. The molecule has 0 bridgehead atoms. The summed E-state index contributed by atoms with van der Waals surface area (Å²) in [5.41, 5.74) is 2.43. The fraction of sp³-hybridized carbons (Fsp3) is 0.231. The van der Waals surface area contributed by atoms with E-state index >= 15 is 0 Å². The third kappa shape index (κ3) is 6.99. The van der Waals surface area contributed by atoms with Crippen LogP contribution in [0, 0.1) is 17.0 Å². The van der Waals surface area contributed by atoms with Gasteiger partial charge in [0.2, 0.25) is 6.54 Å². The minimum absolute atomic E-state index is 0.297. The molecule has 198 valence electrons. The smallest absolute Gasteiger partial charge is 0.220 e. The van der Waals surface area contributed by atoms with E-state index in [1.54, 1.807) is 30.3 Å². The second kappa shape index (κ2) is 12.8. The third-order valence-electron chi connectivity index (χ3n) is 5.44. The Hall–Kier alpha value is -2.79. The Morgan fingerprint density at radius 3 is 2.34 bits per heavy atom. The molecule has 0 N–H and O–H groups in total. The van der Waals surface area contributed by atoms with Gasteiger partial charge in [-0.05, 0) is 89.4 Å². The van der Waals surface area contributed by atoms with Crippen molar-refractivity contribution in [2.75, 3.05) is 13.2 Å². The van der Waals surface area contributed by atoms with Gasteiger partial charge in [-0.2, -0.15) is 0 Å². The highest BCUT2D eigenvalue weighted by Crippen LogP contribution is 2.43. The standard InChI is InChI=1S/C26H23BrCl2N4O4S/c1-3-36-23-13-18(12-22(27)25(23)37-15-17-4-6-19(28)7-5-17)24(14-32(34)35)38-26-31-30-16(2)33(26)21-10-8-20(29)9-11-21/h4-13,24H,3,14-15H2,1-2H3/t24-/m0/s1. The van der Waals surface area contributed by atoms with Crippen molar-refractivity contribution >= 4 is 50.9 Å². The van der Waals surface area contributed by atoms with Gasteiger partial charge in [0, 0.05) is 20.7 Å². The number of halogens is 3. The van der Waals surface area contributed by atoms with Gasteiger partial charge in [-0.15, -0.1) is 10.2 Å². The highest BCUT2D eigenvalue weighted by atomic mass is 79.9. The molecule has 4 rings (SSSR count). The molecule has 0 spiro atoms. The fourth-order valence-corrected chi connectivity index (χ4v) is 5.67. The van der Waals surface area contributed by atoms with Gasteiger partial charge in [-0.3, -0.25) is 14.7 Å². The molecule has 0 saturated heterocycles. The van der Waals surface area contributed by atoms with E-state index in [0.717, 1.165) is 11.3 Å². The van der Waals surface area contributed by atoms with Gasteiger partial charge in [-0.25, -0.2) is 0 Å². The van der Waals surface area contributed by atoms with Gasteiger partial charge in [0.25, 0.3) is 0 Å². The first-order valence-electron chi connectivity index (χ1n) is 11.5. The number of nitrogens with zero attached hydrogens (tertiary/aromatic N) is 4. The fourth-order valence-electron chi connectivity index (χ4n) is 3.69. The first kappa shape index (κ1) is 28.2. The average molecular weight is 638 g/mol. The van der Waals surface area contributed by atoms with Crippen molar-refractivity contribution in [1.29, 1.82) is 0 Å². The van der Waals surface area contributed by atoms with Crippen molar-refractivity contribution in [3.05, 3.63) is 102 Å². The zero-order valence-corrected chi connectivity index (χ0v) is 24.4. The molecule has 0 unspecified atom stereocenters. The largest absolute Gasteiger partial charge is 0.490 e. The molecule has 4 aromatic rings. The Morgan fingerprint density at radius 2 is 1.71 bits per heavy atom. The summed E-state index contributed by atoms with van der Waals surface area (Å²) in [4.78, 5) is 11.3. The molecule has 0 radical (unpaired) electrons. The molecule has 0 aliphatic carbocycles. The summed E-state index contributed by atoms with van der Waals surface area (Å²) in [6.45, 7) is 4.05. The molecule has 1 atom stereocenters. The first-order valence-corrected chi connectivity index (χ1v) is 14.0. The number of ether oxygens (including phenoxy) is 2. The molecule has 38 heavy (non-hydrogen) atoms. The lowest BCUT2D eigenvalue weighted by Gasteiger charge is -2.19. The first-order chi connectivity index (χ1) is 18.2. The number of nitro groups is 1. The highest BCUT2D eigenvalue weighted by Gasteiger charge is 2.26. The number of aryl methyl sites for hydroxylation is 1. The van der Waals surface area contributed by atoms with Crippen LogP contribution < -0.4 is 9.47 Å². The summed E-state index contributed by atoms with van der Waals surface area (Å²) >= 11 is 16.9. The zero-order chi connectivity index (χ0) is 27.2. The van der Waals surface area contributed by atoms with Crippen molar-refractivity contribution in [1.82, 2.24) is 14.8 Å². The quantitative estimate of drug-likeness (QED) is 0.0943. The lowest BCUT2D eigenvalue weighted by Crippen LogP contribution is -2.12. The molecular weight excluding hydrogens is 615 g/mol. The SMILES string of the molecule is CCOc1cc([C@H](C[N+](=O)[O-])Sc2nnc(C)n2-c2ccc(Cl)cc2)cc(Br)c1OCc1ccc(Cl)cc1. The second-order valence-electron chi connectivity index (χ2n) is 8.14. The third-order valence-corrected chi connectivity index (χ3v) is 7.72. The van der Waals surface area contributed by atoms with Crippen LogP contribution in [0.4, 0.5) is 0 Å². The Balaban J connectivity index is 1.66. The van der Waals surface area contributed by atoms with Crippen molar-refractivity contribution < 1.29 is 14.4 Å². The average Bonchev–Trinajstić information content (AvgIpc) is 3.24. The van der Waals surface area contributed by atoms with Crippen molar-refractivity contribution in [3.8, 4) is 17.2 Å². The number of hydrogen-bond acceptors (Lipinski definition) is 7. The van der Waals surface area contributed by atoms with Gasteiger partial charge in [0.1, 0.15) is 17.7 Å². The van der Waals surface area contributed by atoms with E-state index in [1.165, 1.54) is 11.8 Å². The molecular formula is C26H23BrCl2N4O4S. The Labute approximate surface area is 242 Å². The summed E-state index contributed by atoms with van der Waals surface area (Å²) in [6, 6.07) is 18.2. The monoisotopic (exact) mass is 636 g/mol. The topological polar surface area (TPSA) is 92.3 Å². The molecule has 0 fully saturated rings. The number of aromatic nitrogens is 3. The number of thioether (sulfide) groups is 1. The van der Waals surface area contributed by atoms with Crippen LogP contribution in [0.3, 0.4) is 0 Å². The van der Waals surface area contributed by atoms with Gasteiger partial charge < -0.3 is 9.47 Å². The van der Waals surface area contributed by atoms with Gasteiger partial charge >= 0.3 is 0 Å². The van der Waals surface area contributed by atoms with E-state index in [1.807, 2.05) is 48.7 Å². The Kier molecular flexibility index (Phi) is 9.54. The van der Waals surface area contributed by atoms with E-state index in [9.17, 15) is 10.1 Å². The van der Waals surface area contributed by atoms with E-state index in [0.29, 0.717) is 55.8 Å². The number of rotatable bonds is 11. The predicted molar refractivity (Wildman–Crippen MR) is 153 cm³/mol. The van der Waals surface area contributed by atoms with E-state index < -0.39 is 5.25 Å². The van der Waals surface area contributed by atoms with Crippen LogP contribution in [0.15, 0.2) is 70.3 Å². The summed E-state index contributed by atoms with van der Waals surface area (Å²) in [7, 11) is 0. The Morgan fingerprint density at radius 1 is 1.05 bits per heavy atom. The molecule has 0 saturated carbocycles. The van der Waals surface area contributed by atoms with Gasteiger partial charge in [-0.1, -0.05) is 47.1 Å². The summed E-state index contributed by atoms with van der Waals surface area (Å²) < 4.78 is 14.4. The van der Waals surface area contributed by atoms with Crippen LogP contribution in [-0.2, 0) is 6.61 Å². The zero-order valence-electron chi connectivity index (χ0n) is 20.4. The number of hydrogen-bond donors (Lipinski definition) is 0. The lowest BCUT2D eigenvalue weighted by molar-refractivity contribution is -0.479. The van der Waals surface area contributed by atoms with Gasteiger partial charge in [0.05, 0.1) is 11.1 Å². The molecule has 0 amide bonds. The van der Waals surface area contributed by atoms with Crippen LogP contribution >= 0.6 is 50.9 Å². The van der Waals surface area contributed by atoms with E-state index in [4.69, 9.17) is 32.7 Å². The molecule has 12 heteroatoms. The highest BCUT2D eigenvalue weighted by molar-refractivity contribution is 9.10. The molecule has 1 heterocycles. The maximum atomic E-state index is 11.7. The van der Waals surface area contributed by atoms with Crippen LogP contribution in [0.2, 0.25) is 10.0 Å². The molecule has 0 aliphatic rings. The summed E-state index contributed by atoms with van der Waals surface area (Å²) in [5, 5.41) is 21.4. The summed E-state index contributed by atoms with van der Waals surface area (Å²) in [6.07, 6.45) is 0. The molecule has 3 aromatic carbocycles. The van der Waals surface area contributed by atoms with E-state index in [2.05, 4.69) is 26.1 Å².